The van der Waals surface area contributed by atoms with Crippen LogP contribution in [0.5, 0.6) is 0 Å². The van der Waals surface area contributed by atoms with Crippen LogP contribution < -0.4 is 4.72 Å². The van der Waals surface area contributed by atoms with Crippen molar-refractivity contribution in [2.45, 2.75) is 49.3 Å². The van der Waals surface area contributed by atoms with Gasteiger partial charge in [0.25, 0.3) is 0 Å². The Kier molecular flexibility index (Phi) is 6.52. The molecule has 10 heteroatoms. The number of ether oxygens (including phenoxy) is 1. The summed E-state index contributed by atoms with van der Waals surface area (Å²) in [6.07, 6.45) is 2.87. The average molecular weight is 485 g/mol. The first-order chi connectivity index (χ1) is 13.1. The predicted octanol–water partition coefficient (Wildman–Crippen LogP) is 4.89. The van der Waals surface area contributed by atoms with Crippen molar-refractivity contribution in [1.82, 2.24) is 4.72 Å². The lowest BCUT2D eigenvalue weighted by Gasteiger charge is -2.38. The number of allylic oxidation sites excluding steroid dienone is 2. The number of benzene rings is 1. The second-order valence-corrected chi connectivity index (χ2v) is 9.90. The Morgan fingerprint density at radius 3 is 2.00 bits per heavy atom. The molecule has 0 atom stereocenters. The third-order valence-electron chi connectivity index (χ3n) is 4.66. The molecule has 2 aliphatic rings. The molecule has 1 saturated carbocycles. The van der Waals surface area contributed by atoms with E-state index < -0.39 is 31.6 Å². The molecule has 0 amide bonds. The van der Waals surface area contributed by atoms with Gasteiger partial charge in [-0.3, -0.25) is 4.79 Å². The molecular formula is C18H17Cl4NO4S. The van der Waals surface area contributed by atoms with E-state index in [0.717, 1.165) is 18.4 Å². The number of ketones is 1. The molecule has 0 saturated heterocycles. The lowest BCUT2D eigenvalue weighted by molar-refractivity contribution is -0.112. The molecule has 1 fully saturated rings. The molecule has 0 heterocycles. The Balaban J connectivity index is 2.11. The second kappa shape index (κ2) is 8.26. The fraction of sp³-hybridized carbons (Fsp3) is 0.389. The van der Waals surface area contributed by atoms with E-state index in [2.05, 4.69) is 4.72 Å². The molecule has 5 nitrogen and oxygen atoms in total. The minimum Gasteiger partial charge on any atom is -0.346 e. The number of hydrogen-bond acceptors (Lipinski definition) is 4. The van der Waals surface area contributed by atoms with Crippen molar-refractivity contribution in [3.8, 4) is 0 Å². The summed E-state index contributed by atoms with van der Waals surface area (Å²) in [4.78, 5) is 12.1. The number of halogens is 4. The first-order valence-electron chi connectivity index (χ1n) is 8.53. The zero-order valence-electron chi connectivity index (χ0n) is 14.8. The fourth-order valence-electron chi connectivity index (χ4n) is 3.14. The number of carbonyl (C=O) groups excluding carboxylic acids is 1. The molecule has 1 aromatic rings. The van der Waals surface area contributed by atoms with E-state index in [-0.39, 0.29) is 21.1 Å². The topological polar surface area (TPSA) is 72.5 Å². The van der Waals surface area contributed by atoms with E-state index in [1.54, 1.807) is 12.1 Å². The van der Waals surface area contributed by atoms with E-state index in [9.17, 15) is 13.2 Å². The Bertz CT molecular complexity index is 936. The molecule has 1 aromatic carbocycles. The lowest BCUT2D eigenvalue weighted by atomic mass is 10.0. The monoisotopic (exact) mass is 483 g/mol. The van der Waals surface area contributed by atoms with E-state index >= 15 is 0 Å². The highest BCUT2D eigenvalue weighted by atomic mass is 35.5. The molecule has 28 heavy (non-hydrogen) atoms. The number of carbonyl (C=O) groups is 1. The molecule has 0 aromatic heterocycles. The van der Waals surface area contributed by atoms with Crippen LogP contribution in [0.2, 0.25) is 0 Å². The Morgan fingerprint density at radius 1 is 1.00 bits per heavy atom. The van der Waals surface area contributed by atoms with Crippen molar-refractivity contribution < 1.29 is 17.9 Å². The Labute approximate surface area is 183 Å². The van der Waals surface area contributed by atoms with Gasteiger partial charge in [0.05, 0.1) is 21.1 Å². The first-order valence-corrected chi connectivity index (χ1v) is 11.5. The highest BCUT2D eigenvalue weighted by molar-refractivity contribution is 7.89. The van der Waals surface area contributed by atoms with Crippen molar-refractivity contribution in [1.29, 1.82) is 0 Å². The summed E-state index contributed by atoms with van der Waals surface area (Å²) in [6, 6.07) is 6.18. The molecule has 1 N–H and O–H groups in total. The van der Waals surface area contributed by atoms with Crippen LogP contribution in [-0.4, -0.2) is 26.0 Å². The minimum absolute atomic E-state index is 0.0226. The van der Waals surface area contributed by atoms with Crippen LogP contribution in [0, 0.1) is 6.92 Å². The van der Waals surface area contributed by atoms with E-state index in [4.69, 9.17) is 51.1 Å². The van der Waals surface area contributed by atoms with Crippen LogP contribution in [0.15, 0.2) is 49.3 Å². The van der Waals surface area contributed by atoms with Gasteiger partial charge in [0.15, 0.2) is 0 Å². The summed E-state index contributed by atoms with van der Waals surface area (Å²) in [5.41, 5.74) is -1.18. The Hall–Kier alpha value is -0.600. The van der Waals surface area contributed by atoms with Gasteiger partial charge in [-0.2, -0.15) is 4.72 Å². The maximum absolute atomic E-state index is 13.1. The minimum atomic E-state index is -4.15. The summed E-state index contributed by atoms with van der Waals surface area (Å²) in [6.45, 7) is 1.83. The van der Waals surface area contributed by atoms with Gasteiger partial charge in [-0.25, -0.2) is 8.42 Å². The van der Waals surface area contributed by atoms with Gasteiger partial charge in [0, 0.05) is 0 Å². The van der Waals surface area contributed by atoms with Gasteiger partial charge in [0.2, 0.25) is 21.5 Å². The van der Waals surface area contributed by atoms with Crippen LogP contribution in [0.4, 0.5) is 0 Å². The summed E-state index contributed by atoms with van der Waals surface area (Å²) in [5, 5.41) is -1.62. The highest BCUT2D eigenvalue weighted by Gasteiger charge is 2.51. The number of nitrogens with one attached hydrogen (secondary N) is 1. The smallest absolute Gasteiger partial charge is 0.243 e. The number of sulfonamides is 1. The molecule has 0 bridgehead atoms. The quantitative estimate of drug-likeness (QED) is 0.604. The van der Waals surface area contributed by atoms with Crippen molar-refractivity contribution in [2.24, 2.45) is 0 Å². The van der Waals surface area contributed by atoms with Gasteiger partial charge in [0.1, 0.15) is 10.1 Å². The third-order valence-corrected chi connectivity index (χ3v) is 7.93. The average Bonchev–Trinajstić information content (AvgIpc) is 3.16. The first kappa shape index (κ1) is 22.1. The van der Waals surface area contributed by atoms with Crippen LogP contribution in [0.3, 0.4) is 0 Å². The molecule has 152 valence electrons. The fourth-order valence-corrected chi connectivity index (χ4v) is 5.59. The Morgan fingerprint density at radius 2 is 1.50 bits per heavy atom. The molecule has 0 radical (unpaired) electrons. The summed E-state index contributed by atoms with van der Waals surface area (Å²) >= 11 is 24.8. The third kappa shape index (κ3) is 4.01. The molecular weight excluding hydrogens is 468 g/mol. The lowest BCUT2D eigenvalue weighted by Crippen LogP contribution is -2.55. The van der Waals surface area contributed by atoms with E-state index in [1.807, 2.05) is 6.92 Å². The maximum Gasteiger partial charge on any atom is 0.243 e. The largest absolute Gasteiger partial charge is 0.346 e. The summed E-state index contributed by atoms with van der Waals surface area (Å²) in [5.74, 6) is -0.793. The molecule has 2 aliphatic carbocycles. The standard InChI is InChI=1S/C18H17Cl4NO4S/c1-10-6-8-12(9-7-10)28(25,26)23-18(27-11-4-2-3-5-11)16(21)13(19)15(24)14(20)17(18)22/h6-9,11,23H,2-5H2,1H3. The maximum atomic E-state index is 13.1. The highest BCUT2D eigenvalue weighted by Crippen LogP contribution is 2.46. The van der Waals surface area contributed by atoms with E-state index in [1.165, 1.54) is 12.1 Å². The number of hydrogen-bond donors (Lipinski definition) is 1. The normalized spacial score (nSPS) is 21.0. The zero-order chi connectivity index (χ0) is 20.7. The molecule has 0 aliphatic heterocycles. The summed E-state index contributed by atoms with van der Waals surface area (Å²) < 4.78 is 34.5. The number of aryl methyl sites for hydroxylation is 1. The predicted molar refractivity (Wildman–Crippen MR) is 110 cm³/mol. The van der Waals surface area contributed by atoms with Crippen LogP contribution in [0.25, 0.3) is 0 Å². The van der Waals surface area contributed by atoms with Gasteiger partial charge < -0.3 is 4.74 Å². The molecule has 3 rings (SSSR count). The second-order valence-electron chi connectivity index (χ2n) is 6.71. The number of Topliss-reactive ketones (excluding diaryl/α,β-unsaturated/α-hetero) is 1. The van der Waals surface area contributed by atoms with Gasteiger partial charge >= 0.3 is 0 Å². The van der Waals surface area contributed by atoms with Gasteiger partial charge in [-0.1, -0.05) is 76.9 Å². The molecule has 0 spiro atoms. The molecule has 0 unspecified atom stereocenters. The van der Waals surface area contributed by atoms with Crippen LogP contribution in [-0.2, 0) is 19.6 Å². The van der Waals surface area contributed by atoms with Gasteiger partial charge in [-0.05, 0) is 31.9 Å². The van der Waals surface area contributed by atoms with Crippen molar-refractivity contribution in [3.63, 3.8) is 0 Å². The van der Waals surface area contributed by atoms with Crippen LogP contribution in [0.1, 0.15) is 31.2 Å². The van der Waals surface area contributed by atoms with Crippen molar-refractivity contribution in [3.05, 3.63) is 50.0 Å². The summed E-state index contributed by atoms with van der Waals surface area (Å²) in [7, 11) is -4.15. The SMILES string of the molecule is Cc1ccc(S(=O)(=O)NC2(OC3CCCC3)C(Cl)=C(Cl)C(=O)C(Cl)=C2Cl)cc1. The van der Waals surface area contributed by atoms with Gasteiger partial charge in [-0.15, -0.1) is 0 Å². The van der Waals surface area contributed by atoms with E-state index in [0.29, 0.717) is 12.8 Å². The van der Waals surface area contributed by atoms with Crippen molar-refractivity contribution in [2.75, 3.05) is 0 Å². The zero-order valence-corrected chi connectivity index (χ0v) is 18.6. The van der Waals surface area contributed by atoms with Crippen LogP contribution >= 0.6 is 46.4 Å². The van der Waals surface area contributed by atoms with Crippen molar-refractivity contribution >= 4 is 62.2 Å². The number of rotatable bonds is 5.